The Morgan fingerprint density at radius 3 is 2.29 bits per heavy atom. The summed E-state index contributed by atoms with van der Waals surface area (Å²) < 4.78 is 14.0. The second-order valence-corrected chi connectivity index (χ2v) is 5.96. The molecule has 0 saturated carbocycles. The standard InChI is InChI=1S/C14H23FN2/c1-9-6-10(2)13(11(15)7-9)12(17-16)8-14(3,4)5/h6-7,12,17H,8,16H2,1-5H3. The van der Waals surface area contributed by atoms with Gasteiger partial charge in [-0.1, -0.05) is 26.8 Å². The molecule has 0 amide bonds. The Hall–Kier alpha value is -0.930. The van der Waals surface area contributed by atoms with E-state index >= 15 is 0 Å². The summed E-state index contributed by atoms with van der Waals surface area (Å²) in [5.74, 6) is 5.40. The van der Waals surface area contributed by atoms with Gasteiger partial charge in [0.25, 0.3) is 0 Å². The average molecular weight is 238 g/mol. The quantitative estimate of drug-likeness (QED) is 0.626. The molecular formula is C14H23FN2. The maximum Gasteiger partial charge on any atom is 0.128 e. The number of nitrogens with two attached hydrogens (primary N) is 1. The van der Waals surface area contributed by atoms with Crippen molar-refractivity contribution in [3.05, 3.63) is 34.6 Å². The summed E-state index contributed by atoms with van der Waals surface area (Å²) in [4.78, 5) is 0. The van der Waals surface area contributed by atoms with Gasteiger partial charge in [0.2, 0.25) is 0 Å². The summed E-state index contributed by atoms with van der Waals surface area (Å²) in [6.07, 6.45) is 0.796. The Morgan fingerprint density at radius 2 is 1.88 bits per heavy atom. The highest BCUT2D eigenvalue weighted by Crippen LogP contribution is 2.32. The van der Waals surface area contributed by atoms with Crippen LogP contribution in [0.1, 0.15) is 49.9 Å². The fourth-order valence-electron chi connectivity index (χ4n) is 2.22. The molecule has 0 saturated heterocycles. The van der Waals surface area contributed by atoms with Crippen LogP contribution in [0.3, 0.4) is 0 Å². The third-order valence-corrected chi connectivity index (χ3v) is 2.85. The number of halogens is 1. The number of aryl methyl sites for hydroxylation is 2. The third-order valence-electron chi connectivity index (χ3n) is 2.85. The van der Waals surface area contributed by atoms with Crippen LogP contribution >= 0.6 is 0 Å². The summed E-state index contributed by atoms with van der Waals surface area (Å²) in [6.45, 7) is 10.2. The van der Waals surface area contributed by atoms with Crippen LogP contribution in [0, 0.1) is 25.1 Å². The molecule has 0 spiro atoms. The first-order chi connectivity index (χ1) is 7.74. The van der Waals surface area contributed by atoms with Crippen molar-refractivity contribution in [1.82, 2.24) is 5.43 Å². The average Bonchev–Trinajstić information content (AvgIpc) is 2.12. The fraction of sp³-hybridized carbons (Fsp3) is 0.571. The van der Waals surface area contributed by atoms with Crippen LogP contribution in [0.2, 0.25) is 0 Å². The molecule has 17 heavy (non-hydrogen) atoms. The molecule has 1 aromatic rings. The predicted molar refractivity (Wildman–Crippen MR) is 70.0 cm³/mol. The van der Waals surface area contributed by atoms with Gasteiger partial charge in [0, 0.05) is 11.6 Å². The maximum absolute atomic E-state index is 14.0. The van der Waals surface area contributed by atoms with E-state index in [2.05, 4.69) is 26.2 Å². The smallest absolute Gasteiger partial charge is 0.128 e. The largest absolute Gasteiger partial charge is 0.271 e. The zero-order chi connectivity index (χ0) is 13.2. The summed E-state index contributed by atoms with van der Waals surface area (Å²) in [5.41, 5.74) is 5.42. The lowest BCUT2D eigenvalue weighted by atomic mass is 9.84. The Labute approximate surface area is 103 Å². The highest BCUT2D eigenvalue weighted by Gasteiger charge is 2.23. The molecule has 0 fully saturated rings. The van der Waals surface area contributed by atoms with Crippen molar-refractivity contribution in [1.29, 1.82) is 0 Å². The van der Waals surface area contributed by atoms with E-state index < -0.39 is 0 Å². The minimum atomic E-state index is -0.172. The van der Waals surface area contributed by atoms with Crippen molar-refractivity contribution in [2.75, 3.05) is 0 Å². The van der Waals surface area contributed by atoms with Gasteiger partial charge in [0.15, 0.2) is 0 Å². The van der Waals surface area contributed by atoms with Gasteiger partial charge < -0.3 is 0 Å². The second kappa shape index (κ2) is 5.15. The molecule has 3 heteroatoms. The van der Waals surface area contributed by atoms with Crippen LogP contribution in [0.15, 0.2) is 12.1 Å². The highest BCUT2D eigenvalue weighted by atomic mass is 19.1. The van der Waals surface area contributed by atoms with Crippen molar-refractivity contribution in [3.63, 3.8) is 0 Å². The highest BCUT2D eigenvalue weighted by molar-refractivity contribution is 5.34. The molecule has 3 N–H and O–H groups in total. The molecule has 0 heterocycles. The van der Waals surface area contributed by atoms with E-state index in [1.54, 1.807) is 6.07 Å². The van der Waals surface area contributed by atoms with E-state index in [-0.39, 0.29) is 17.3 Å². The van der Waals surface area contributed by atoms with E-state index in [9.17, 15) is 4.39 Å². The van der Waals surface area contributed by atoms with Crippen LogP contribution in [0.5, 0.6) is 0 Å². The number of hydrazine groups is 1. The van der Waals surface area contributed by atoms with Crippen LogP contribution in [-0.4, -0.2) is 0 Å². The molecular weight excluding hydrogens is 215 g/mol. The van der Waals surface area contributed by atoms with E-state index in [4.69, 9.17) is 5.84 Å². The SMILES string of the molecule is Cc1cc(C)c(C(CC(C)(C)C)NN)c(F)c1. The lowest BCUT2D eigenvalue weighted by Crippen LogP contribution is -2.32. The van der Waals surface area contributed by atoms with Crippen LogP contribution < -0.4 is 11.3 Å². The molecule has 1 rings (SSSR count). The minimum absolute atomic E-state index is 0.0980. The number of rotatable bonds is 3. The van der Waals surface area contributed by atoms with E-state index in [1.807, 2.05) is 19.9 Å². The summed E-state index contributed by atoms with van der Waals surface area (Å²) in [6, 6.07) is 3.41. The molecule has 1 aromatic carbocycles. The van der Waals surface area contributed by atoms with Crippen LogP contribution in [-0.2, 0) is 0 Å². The Morgan fingerprint density at radius 1 is 1.29 bits per heavy atom. The van der Waals surface area contributed by atoms with Crippen molar-refractivity contribution >= 4 is 0 Å². The Kier molecular flexibility index (Phi) is 4.28. The van der Waals surface area contributed by atoms with Gasteiger partial charge in [-0.3, -0.25) is 11.3 Å². The predicted octanol–water partition coefficient (Wildman–Crippen LogP) is 3.38. The van der Waals surface area contributed by atoms with Crippen LogP contribution in [0.25, 0.3) is 0 Å². The maximum atomic E-state index is 14.0. The van der Waals surface area contributed by atoms with Crippen molar-refractivity contribution in [3.8, 4) is 0 Å². The van der Waals surface area contributed by atoms with Gasteiger partial charge in [-0.25, -0.2) is 4.39 Å². The molecule has 0 aliphatic rings. The van der Waals surface area contributed by atoms with Gasteiger partial charge in [-0.05, 0) is 42.9 Å². The van der Waals surface area contributed by atoms with Gasteiger partial charge in [0.05, 0.1) is 0 Å². The zero-order valence-electron chi connectivity index (χ0n) is 11.4. The molecule has 2 nitrogen and oxygen atoms in total. The minimum Gasteiger partial charge on any atom is -0.271 e. The molecule has 0 radical (unpaired) electrons. The second-order valence-electron chi connectivity index (χ2n) is 5.96. The molecule has 0 aliphatic heterocycles. The van der Waals surface area contributed by atoms with Gasteiger partial charge >= 0.3 is 0 Å². The first-order valence-electron chi connectivity index (χ1n) is 5.97. The van der Waals surface area contributed by atoms with E-state index in [0.717, 1.165) is 17.5 Å². The Bertz CT molecular complexity index is 371. The van der Waals surface area contributed by atoms with Crippen molar-refractivity contribution in [2.24, 2.45) is 11.3 Å². The molecule has 0 bridgehead atoms. The zero-order valence-corrected chi connectivity index (χ0v) is 11.4. The number of hydrogen-bond acceptors (Lipinski definition) is 2. The molecule has 1 atom stereocenters. The number of hydrogen-bond donors (Lipinski definition) is 2. The van der Waals surface area contributed by atoms with Crippen LogP contribution in [0.4, 0.5) is 4.39 Å². The topological polar surface area (TPSA) is 38.0 Å². The van der Waals surface area contributed by atoms with Gasteiger partial charge in [0.1, 0.15) is 5.82 Å². The molecule has 1 unspecified atom stereocenters. The Balaban J connectivity index is 3.12. The van der Waals surface area contributed by atoms with Crippen molar-refractivity contribution in [2.45, 2.75) is 47.1 Å². The molecule has 96 valence electrons. The summed E-state index contributed by atoms with van der Waals surface area (Å²) >= 11 is 0. The number of nitrogens with one attached hydrogen (secondary N) is 1. The van der Waals surface area contributed by atoms with E-state index in [0.29, 0.717) is 5.56 Å². The third kappa shape index (κ3) is 3.79. The molecule has 0 aliphatic carbocycles. The van der Waals surface area contributed by atoms with E-state index in [1.165, 1.54) is 0 Å². The van der Waals surface area contributed by atoms with Gasteiger partial charge in [-0.2, -0.15) is 0 Å². The number of benzene rings is 1. The lowest BCUT2D eigenvalue weighted by Gasteiger charge is -2.27. The normalized spacial score (nSPS) is 13.8. The first kappa shape index (κ1) is 14.1. The molecule has 0 aromatic heterocycles. The monoisotopic (exact) mass is 238 g/mol. The summed E-state index contributed by atoms with van der Waals surface area (Å²) in [7, 11) is 0. The van der Waals surface area contributed by atoms with Gasteiger partial charge in [-0.15, -0.1) is 0 Å². The first-order valence-corrected chi connectivity index (χ1v) is 5.97. The lowest BCUT2D eigenvalue weighted by molar-refractivity contribution is 0.308. The summed E-state index contributed by atoms with van der Waals surface area (Å²) in [5, 5.41) is 0. The van der Waals surface area contributed by atoms with Crippen molar-refractivity contribution < 1.29 is 4.39 Å². The fourth-order valence-corrected chi connectivity index (χ4v) is 2.22.